The molecule has 0 aliphatic rings. The van der Waals surface area contributed by atoms with Crippen LogP contribution in [0.5, 0.6) is 11.5 Å². The van der Waals surface area contributed by atoms with E-state index in [1.165, 1.54) is 0 Å². The van der Waals surface area contributed by atoms with E-state index in [4.69, 9.17) is 4.74 Å². The highest BCUT2D eigenvalue weighted by atomic mass is 79.9. The Morgan fingerprint density at radius 3 is 2.59 bits per heavy atom. The van der Waals surface area contributed by atoms with Gasteiger partial charge in [-0.3, -0.25) is 4.79 Å². The summed E-state index contributed by atoms with van der Waals surface area (Å²) in [7, 11) is 0. The van der Waals surface area contributed by atoms with Crippen molar-refractivity contribution in [1.82, 2.24) is 0 Å². The molecular formula is C14H11BrO2. The van der Waals surface area contributed by atoms with Gasteiger partial charge in [0.05, 0.1) is 4.47 Å². The van der Waals surface area contributed by atoms with Crippen LogP contribution in [0, 0.1) is 6.92 Å². The number of carbonyl (C=O) groups is 1. The van der Waals surface area contributed by atoms with Crippen molar-refractivity contribution in [2.45, 2.75) is 6.92 Å². The highest BCUT2D eigenvalue weighted by Crippen LogP contribution is 2.29. The molecule has 2 aromatic rings. The lowest BCUT2D eigenvalue weighted by atomic mass is 10.1. The maximum atomic E-state index is 10.7. The van der Waals surface area contributed by atoms with E-state index in [2.05, 4.69) is 15.9 Å². The third kappa shape index (κ3) is 2.74. The van der Waals surface area contributed by atoms with E-state index >= 15 is 0 Å². The summed E-state index contributed by atoms with van der Waals surface area (Å²) < 4.78 is 6.63. The molecule has 0 bridgehead atoms. The lowest BCUT2D eigenvalue weighted by Gasteiger charge is -2.08. The molecule has 2 rings (SSSR count). The zero-order valence-electron chi connectivity index (χ0n) is 9.31. The molecule has 3 heteroatoms. The van der Waals surface area contributed by atoms with Crippen LogP contribution < -0.4 is 4.74 Å². The number of aldehydes is 1. The second kappa shape index (κ2) is 5.15. The quantitative estimate of drug-likeness (QED) is 0.785. The molecule has 0 N–H and O–H groups in total. The van der Waals surface area contributed by atoms with Gasteiger partial charge in [0, 0.05) is 5.56 Å². The molecule has 0 aliphatic heterocycles. The number of para-hydroxylation sites is 1. The molecule has 0 unspecified atom stereocenters. The van der Waals surface area contributed by atoms with Crippen LogP contribution in [0.15, 0.2) is 46.9 Å². The van der Waals surface area contributed by atoms with Crippen LogP contribution in [0.25, 0.3) is 0 Å². The normalized spacial score (nSPS) is 10.0. The predicted molar refractivity (Wildman–Crippen MR) is 70.8 cm³/mol. The predicted octanol–water partition coefficient (Wildman–Crippen LogP) is 4.36. The largest absolute Gasteiger partial charge is 0.456 e. The zero-order chi connectivity index (χ0) is 12.3. The van der Waals surface area contributed by atoms with Crippen molar-refractivity contribution in [1.29, 1.82) is 0 Å². The van der Waals surface area contributed by atoms with Gasteiger partial charge < -0.3 is 4.74 Å². The monoisotopic (exact) mass is 290 g/mol. The maximum absolute atomic E-state index is 10.7. The number of benzene rings is 2. The number of hydrogen-bond acceptors (Lipinski definition) is 2. The fraction of sp³-hybridized carbons (Fsp3) is 0.0714. The first-order valence-corrected chi connectivity index (χ1v) is 5.98. The van der Waals surface area contributed by atoms with Crippen LogP contribution >= 0.6 is 15.9 Å². The van der Waals surface area contributed by atoms with Gasteiger partial charge in [0.25, 0.3) is 0 Å². The van der Waals surface area contributed by atoms with E-state index < -0.39 is 0 Å². The molecule has 86 valence electrons. The summed E-state index contributed by atoms with van der Waals surface area (Å²) in [6.45, 7) is 1.89. The first-order chi connectivity index (χ1) is 8.20. The number of carbonyl (C=O) groups excluding carboxylic acids is 1. The number of halogens is 1. The van der Waals surface area contributed by atoms with E-state index in [9.17, 15) is 4.79 Å². The number of aryl methyl sites for hydroxylation is 1. The van der Waals surface area contributed by atoms with Gasteiger partial charge in [0.1, 0.15) is 17.8 Å². The molecule has 0 saturated heterocycles. The van der Waals surface area contributed by atoms with Crippen LogP contribution in [0.2, 0.25) is 0 Å². The molecule has 0 radical (unpaired) electrons. The molecule has 0 aliphatic carbocycles. The summed E-state index contributed by atoms with van der Waals surface area (Å²) in [6.07, 6.45) is 0.845. The van der Waals surface area contributed by atoms with Crippen molar-refractivity contribution in [3.8, 4) is 11.5 Å². The first-order valence-electron chi connectivity index (χ1n) is 5.19. The van der Waals surface area contributed by atoms with Gasteiger partial charge in [-0.15, -0.1) is 0 Å². The SMILES string of the molecule is Cc1cc(Oc2ccccc2Br)ccc1C=O. The van der Waals surface area contributed by atoms with Crippen molar-refractivity contribution in [3.05, 3.63) is 58.1 Å². The Labute approximate surface area is 108 Å². The van der Waals surface area contributed by atoms with Crippen LogP contribution in [-0.2, 0) is 0 Å². The zero-order valence-corrected chi connectivity index (χ0v) is 10.9. The van der Waals surface area contributed by atoms with E-state index in [1.807, 2.05) is 37.3 Å². The second-order valence-corrected chi connectivity index (χ2v) is 4.52. The van der Waals surface area contributed by atoms with Crippen LogP contribution in [0.4, 0.5) is 0 Å². The van der Waals surface area contributed by atoms with Gasteiger partial charge in [0.2, 0.25) is 0 Å². The summed E-state index contributed by atoms with van der Waals surface area (Å²) in [5, 5.41) is 0. The molecule has 0 saturated carbocycles. The van der Waals surface area contributed by atoms with E-state index in [0.29, 0.717) is 5.56 Å². The van der Waals surface area contributed by atoms with Crippen molar-refractivity contribution < 1.29 is 9.53 Å². The van der Waals surface area contributed by atoms with E-state index in [1.54, 1.807) is 12.1 Å². The Balaban J connectivity index is 2.28. The second-order valence-electron chi connectivity index (χ2n) is 3.67. The molecule has 0 heterocycles. The Hall–Kier alpha value is -1.61. The summed E-state index contributed by atoms with van der Waals surface area (Å²) >= 11 is 3.42. The van der Waals surface area contributed by atoms with Gasteiger partial charge in [-0.1, -0.05) is 12.1 Å². The van der Waals surface area contributed by atoms with Gasteiger partial charge in [-0.25, -0.2) is 0 Å². The molecule has 0 atom stereocenters. The summed E-state index contributed by atoms with van der Waals surface area (Å²) in [6, 6.07) is 13.0. The standard InChI is InChI=1S/C14H11BrO2/c1-10-8-12(7-6-11(10)9-16)17-14-5-3-2-4-13(14)15/h2-9H,1H3. The van der Waals surface area contributed by atoms with Crippen molar-refractivity contribution in [2.75, 3.05) is 0 Å². The molecule has 0 aromatic heterocycles. The molecular weight excluding hydrogens is 280 g/mol. The van der Waals surface area contributed by atoms with Crippen molar-refractivity contribution in [2.24, 2.45) is 0 Å². The Bertz CT molecular complexity index is 550. The number of rotatable bonds is 3. The number of hydrogen-bond donors (Lipinski definition) is 0. The molecule has 2 aromatic carbocycles. The number of ether oxygens (including phenoxy) is 1. The minimum Gasteiger partial charge on any atom is -0.456 e. The Morgan fingerprint density at radius 2 is 1.94 bits per heavy atom. The molecule has 2 nitrogen and oxygen atoms in total. The third-order valence-electron chi connectivity index (χ3n) is 2.43. The lowest BCUT2D eigenvalue weighted by Crippen LogP contribution is -1.89. The van der Waals surface area contributed by atoms with Crippen LogP contribution in [-0.4, -0.2) is 6.29 Å². The van der Waals surface area contributed by atoms with E-state index in [-0.39, 0.29) is 0 Å². The Morgan fingerprint density at radius 1 is 1.18 bits per heavy atom. The summed E-state index contributed by atoms with van der Waals surface area (Å²) in [4.78, 5) is 10.7. The van der Waals surface area contributed by atoms with Crippen molar-refractivity contribution >= 4 is 22.2 Å². The van der Waals surface area contributed by atoms with Crippen molar-refractivity contribution in [3.63, 3.8) is 0 Å². The van der Waals surface area contributed by atoms with Gasteiger partial charge in [-0.05, 0) is 58.7 Å². The van der Waals surface area contributed by atoms with Crippen LogP contribution in [0.1, 0.15) is 15.9 Å². The average Bonchev–Trinajstić information content (AvgIpc) is 2.32. The molecule has 0 amide bonds. The first kappa shape index (κ1) is 11.9. The van der Waals surface area contributed by atoms with E-state index in [0.717, 1.165) is 27.8 Å². The third-order valence-corrected chi connectivity index (χ3v) is 3.09. The average molecular weight is 291 g/mol. The van der Waals surface area contributed by atoms with Gasteiger partial charge >= 0.3 is 0 Å². The topological polar surface area (TPSA) is 26.3 Å². The minimum absolute atomic E-state index is 0.685. The molecule has 17 heavy (non-hydrogen) atoms. The fourth-order valence-electron chi connectivity index (χ4n) is 1.50. The van der Waals surface area contributed by atoms with Crippen LogP contribution in [0.3, 0.4) is 0 Å². The van der Waals surface area contributed by atoms with Gasteiger partial charge in [0.15, 0.2) is 0 Å². The molecule has 0 spiro atoms. The smallest absolute Gasteiger partial charge is 0.150 e. The molecule has 0 fully saturated rings. The maximum Gasteiger partial charge on any atom is 0.150 e. The van der Waals surface area contributed by atoms with Gasteiger partial charge in [-0.2, -0.15) is 0 Å². The minimum atomic E-state index is 0.685. The fourth-order valence-corrected chi connectivity index (χ4v) is 1.86. The summed E-state index contributed by atoms with van der Waals surface area (Å²) in [5.41, 5.74) is 1.59. The lowest BCUT2D eigenvalue weighted by molar-refractivity contribution is 0.112. The summed E-state index contributed by atoms with van der Waals surface area (Å²) in [5.74, 6) is 1.48. The Kier molecular flexibility index (Phi) is 3.59. The highest BCUT2D eigenvalue weighted by molar-refractivity contribution is 9.10. The highest BCUT2D eigenvalue weighted by Gasteiger charge is 2.03.